The maximum absolute atomic E-state index is 10.6. The van der Waals surface area contributed by atoms with Gasteiger partial charge < -0.3 is 0 Å². The number of hydrogen-bond acceptors (Lipinski definition) is 4. The van der Waals surface area contributed by atoms with E-state index in [0.717, 1.165) is 25.5 Å². The second-order valence-electron chi connectivity index (χ2n) is 2.68. The van der Waals surface area contributed by atoms with Gasteiger partial charge in [-0.15, -0.1) is 22.7 Å². The molecule has 5 heteroatoms. The molecule has 14 heavy (non-hydrogen) atoms. The molecule has 0 aromatic carbocycles. The lowest BCUT2D eigenvalue weighted by atomic mass is 10.4. The number of hydrogen-bond donors (Lipinski definition) is 0. The van der Waals surface area contributed by atoms with E-state index >= 15 is 0 Å². The first kappa shape index (κ1) is 10.0. The molecule has 2 nitrogen and oxygen atoms in total. The second-order valence-corrected chi connectivity index (χ2v) is 5.65. The highest BCUT2D eigenvalue weighted by atomic mass is 79.9. The molecular weight excluding hydrogens is 282 g/mol. The van der Waals surface area contributed by atoms with Gasteiger partial charge in [-0.2, -0.15) is 0 Å². The molecule has 0 bridgehead atoms. The summed E-state index contributed by atoms with van der Waals surface area (Å²) in [7, 11) is 0. The number of aromatic nitrogens is 1. The molecule has 0 saturated carbocycles. The fourth-order valence-electron chi connectivity index (χ4n) is 1.06. The quantitative estimate of drug-likeness (QED) is 0.788. The van der Waals surface area contributed by atoms with Gasteiger partial charge in [-0.25, -0.2) is 4.98 Å². The van der Waals surface area contributed by atoms with E-state index in [9.17, 15) is 4.79 Å². The lowest BCUT2D eigenvalue weighted by molar-refractivity contribution is 0.111. The Bertz CT molecular complexity index is 475. The fraction of sp³-hybridized carbons (Fsp3) is 0.111. The molecule has 0 N–H and O–H groups in total. The van der Waals surface area contributed by atoms with Crippen molar-refractivity contribution in [2.75, 3.05) is 0 Å². The lowest BCUT2D eigenvalue weighted by Gasteiger charge is -1.89. The summed E-state index contributed by atoms with van der Waals surface area (Å²) >= 11 is 6.62. The van der Waals surface area contributed by atoms with Crippen molar-refractivity contribution in [2.45, 2.75) is 6.92 Å². The summed E-state index contributed by atoms with van der Waals surface area (Å²) in [5.74, 6) is 0. The molecule has 0 unspecified atom stereocenters. The summed E-state index contributed by atoms with van der Waals surface area (Å²) in [6.45, 7) is 1.91. The van der Waals surface area contributed by atoms with E-state index in [1.165, 1.54) is 0 Å². The highest BCUT2D eigenvalue weighted by molar-refractivity contribution is 9.10. The van der Waals surface area contributed by atoms with Gasteiger partial charge in [-0.05, 0) is 34.3 Å². The summed E-state index contributed by atoms with van der Waals surface area (Å²) in [5.41, 5.74) is 0.547. The molecule has 0 fully saturated rings. The van der Waals surface area contributed by atoms with Crippen molar-refractivity contribution < 1.29 is 4.79 Å². The van der Waals surface area contributed by atoms with Crippen LogP contribution in [0.3, 0.4) is 0 Å². The number of thiophene rings is 1. The van der Waals surface area contributed by atoms with Crippen molar-refractivity contribution >= 4 is 44.9 Å². The molecule has 0 aliphatic carbocycles. The van der Waals surface area contributed by atoms with E-state index in [1.807, 2.05) is 18.4 Å². The Balaban J connectivity index is 2.53. The molecule has 0 atom stereocenters. The summed E-state index contributed by atoms with van der Waals surface area (Å²) in [6, 6.07) is 1.98. The molecule has 0 aliphatic heterocycles. The normalized spacial score (nSPS) is 10.4. The Labute approximate surface area is 97.7 Å². The van der Waals surface area contributed by atoms with Gasteiger partial charge in [-0.1, -0.05) is 0 Å². The van der Waals surface area contributed by atoms with Crippen LogP contribution >= 0.6 is 38.6 Å². The Morgan fingerprint density at radius 2 is 2.36 bits per heavy atom. The van der Waals surface area contributed by atoms with Gasteiger partial charge in [0.2, 0.25) is 0 Å². The van der Waals surface area contributed by atoms with Crippen molar-refractivity contribution in [3.05, 3.63) is 26.5 Å². The predicted octanol–water partition coefficient (Wildman–Crippen LogP) is 3.76. The van der Waals surface area contributed by atoms with E-state index in [0.29, 0.717) is 5.69 Å². The Kier molecular flexibility index (Phi) is 2.80. The molecular formula is C9H6BrNOS2. The van der Waals surface area contributed by atoms with Crippen LogP contribution in [-0.2, 0) is 0 Å². The molecule has 2 heterocycles. The molecule has 0 spiro atoms. The van der Waals surface area contributed by atoms with Gasteiger partial charge in [0.05, 0.1) is 4.88 Å². The highest BCUT2D eigenvalue weighted by Crippen LogP contribution is 2.36. The third-order valence-electron chi connectivity index (χ3n) is 1.76. The van der Waals surface area contributed by atoms with Gasteiger partial charge >= 0.3 is 0 Å². The number of rotatable bonds is 2. The first-order valence-electron chi connectivity index (χ1n) is 3.88. The number of nitrogens with zero attached hydrogens (tertiary/aromatic N) is 1. The number of halogens is 1. The number of aldehydes is 1. The van der Waals surface area contributed by atoms with Crippen LogP contribution in [0.5, 0.6) is 0 Å². The molecule has 2 aromatic heterocycles. The maximum Gasteiger partial charge on any atom is 0.169 e. The minimum Gasteiger partial charge on any atom is -0.296 e. The van der Waals surface area contributed by atoms with Crippen LogP contribution in [0.1, 0.15) is 15.4 Å². The number of carbonyl (C=O) groups is 1. The number of thiazole rings is 1. The van der Waals surface area contributed by atoms with Crippen molar-refractivity contribution in [1.29, 1.82) is 0 Å². The van der Waals surface area contributed by atoms with Crippen LogP contribution in [0.25, 0.3) is 9.88 Å². The standard InChI is InChI=1S/C9H6BrNOS2/c1-5-7(4-12)11-9(14-5)8-6(10)2-3-13-8/h2-4H,1H3. The van der Waals surface area contributed by atoms with Gasteiger partial charge in [0.15, 0.2) is 6.29 Å². The van der Waals surface area contributed by atoms with Crippen LogP contribution in [0.4, 0.5) is 0 Å². The van der Waals surface area contributed by atoms with Crippen molar-refractivity contribution in [1.82, 2.24) is 4.98 Å². The summed E-state index contributed by atoms with van der Waals surface area (Å²) < 4.78 is 1.04. The number of carbonyl (C=O) groups excluding carboxylic acids is 1. The van der Waals surface area contributed by atoms with E-state index in [4.69, 9.17) is 0 Å². The van der Waals surface area contributed by atoms with Gasteiger partial charge in [0.25, 0.3) is 0 Å². The Morgan fingerprint density at radius 1 is 1.57 bits per heavy atom. The largest absolute Gasteiger partial charge is 0.296 e. The highest BCUT2D eigenvalue weighted by Gasteiger charge is 2.11. The summed E-state index contributed by atoms with van der Waals surface area (Å²) in [4.78, 5) is 17.0. The van der Waals surface area contributed by atoms with E-state index in [2.05, 4.69) is 20.9 Å². The Morgan fingerprint density at radius 3 is 2.86 bits per heavy atom. The maximum atomic E-state index is 10.6. The second kappa shape index (κ2) is 3.92. The van der Waals surface area contributed by atoms with Gasteiger partial charge in [0, 0.05) is 9.35 Å². The van der Waals surface area contributed by atoms with Crippen molar-refractivity contribution in [3.8, 4) is 9.88 Å². The number of aryl methyl sites for hydroxylation is 1. The smallest absolute Gasteiger partial charge is 0.169 e. The van der Waals surface area contributed by atoms with Crippen molar-refractivity contribution in [3.63, 3.8) is 0 Å². The summed E-state index contributed by atoms with van der Waals surface area (Å²) in [5, 5.41) is 2.91. The third-order valence-corrected chi connectivity index (χ3v) is 4.73. The average molecular weight is 288 g/mol. The van der Waals surface area contributed by atoms with Gasteiger partial charge in [-0.3, -0.25) is 4.79 Å². The first-order chi connectivity index (χ1) is 6.72. The van der Waals surface area contributed by atoms with E-state index in [-0.39, 0.29) is 0 Å². The van der Waals surface area contributed by atoms with Crippen LogP contribution in [0, 0.1) is 6.92 Å². The fourth-order valence-corrected chi connectivity index (χ4v) is 3.74. The van der Waals surface area contributed by atoms with Crippen LogP contribution in [-0.4, -0.2) is 11.3 Å². The van der Waals surface area contributed by atoms with E-state index < -0.39 is 0 Å². The van der Waals surface area contributed by atoms with Crippen molar-refractivity contribution in [2.24, 2.45) is 0 Å². The Hall–Kier alpha value is -0.520. The van der Waals surface area contributed by atoms with Crippen LogP contribution in [0.2, 0.25) is 0 Å². The molecule has 2 rings (SSSR count). The summed E-state index contributed by atoms with van der Waals surface area (Å²) in [6.07, 6.45) is 0.802. The zero-order chi connectivity index (χ0) is 10.1. The molecule has 2 aromatic rings. The lowest BCUT2D eigenvalue weighted by Crippen LogP contribution is -1.81. The monoisotopic (exact) mass is 287 g/mol. The first-order valence-corrected chi connectivity index (χ1v) is 6.37. The van der Waals surface area contributed by atoms with Gasteiger partial charge in [0.1, 0.15) is 10.7 Å². The zero-order valence-electron chi connectivity index (χ0n) is 7.28. The van der Waals surface area contributed by atoms with Crippen LogP contribution in [0.15, 0.2) is 15.9 Å². The molecule has 0 radical (unpaired) electrons. The molecule has 0 saturated heterocycles. The molecule has 72 valence electrons. The predicted molar refractivity (Wildman–Crippen MR) is 63.3 cm³/mol. The minimum atomic E-state index is 0.547. The molecule has 0 aliphatic rings. The van der Waals surface area contributed by atoms with E-state index in [1.54, 1.807) is 22.7 Å². The zero-order valence-corrected chi connectivity index (χ0v) is 10.5. The topological polar surface area (TPSA) is 30.0 Å². The van der Waals surface area contributed by atoms with Crippen LogP contribution < -0.4 is 0 Å². The SMILES string of the molecule is Cc1sc(-c2sccc2Br)nc1C=O. The minimum absolute atomic E-state index is 0.547. The molecule has 0 amide bonds. The third kappa shape index (κ3) is 1.67. The average Bonchev–Trinajstić information content (AvgIpc) is 2.71.